The minimum absolute atomic E-state index is 0.105. The van der Waals surface area contributed by atoms with Crippen molar-refractivity contribution < 1.29 is 41.7 Å². The molecule has 1 aliphatic rings. The Bertz CT molecular complexity index is 956. The molecule has 2 atom stereocenters. The lowest BCUT2D eigenvalue weighted by Crippen LogP contribution is -2.20. The van der Waals surface area contributed by atoms with Crippen molar-refractivity contribution >= 4 is 11.8 Å². The number of nitrogens with one attached hydrogen (secondary N) is 1. The summed E-state index contributed by atoms with van der Waals surface area (Å²) in [5.74, 6) is -3.07. The van der Waals surface area contributed by atoms with Gasteiger partial charge in [-0.25, -0.2) is 22.4 Å². The van der Waals surface area contributed by atoms with Crippen molar-refractivity contribution in [3.8, 4) is 6.01 Å². The Morgan fingerprint density at radius 3 is 2.45 bits per heavy atom. The van der Waals surface area contributed by atoms with Gasteiger partial charge in [-0.1, -0.05) is 18.2 Å². The third kappa shape index (κ3) is 4.69. The number of anilines is 1. The lowest BCUT2D eigenvalue weighted by molar-refractivity contribution is -0.143. The van der Waals surface area contributed by atoms with Gasteiger partial charge in [0.15, 0.2) is 6.29 Å². The van der Waals surface area contributed by atoms with E-state index in [4.69, 9.17) is 19.3 Å². The molecule has 0 spiro atoms. The molecular formula is C19H19F4N3O5. The lowest BCUT2D eigenvalue weighted by atomic mass is 10.0. The highest BCUT2D eigenvalue weighted by atomic mass is 19.3. The summed E-state index contributed by atoms with van der Waals surface area (Å²) in [6.45, 7) is 1.77. The van der Waals surface area contributed by atoms with Crippen LogP contribution >= 0.6 is 0 Å². The fourth-order valence-corrected chi connectivity index (χ4v) is 3.09. The molecule has 3 rings (SSSR count). The van der Waals surface area contributed by atoms with Crippen LogP contribution < -0.4 is 10.1 Å². The van der Waals surface area contributed by atoms with Crippen LogP contribution in [0, 0.1) is 5.82 Å². The van der Waals surface area contributed by atoms with Crippen LogP contribution in [0.1, 0.15) is 54.2 Å². The Labute approximate surface area is 174 Å². The smallest absolute Gasteiger partial charge is 0.344 e. The van der Waals surface area contributed by atoms with E-state index in [0.29, 0.717) is 0 Å². The maximum atomic E-state index is 14.6. The van der Waals surface area contributed by atoms with Crippen molar-refractivity contribution in [2.75, 3.05) is 25.6 Å². The van der Waals surface area contributed by atoms with Gasteiger partial charge in [-0.05, 0) is 6.92 Å². The van der Waals surface area contributed by atoms with Gasteiger partial charge in [0.05, 0.1) is 37.5 Å². The highest BCUT2D eigenvalue weighted by Gasteiger charge is 2.35. The number of carboxylic acids is 1. The second kappa shape index (κ2) is 9.43. The molecule has 12 heteroatoms. The number of alkyl halides is 3. The Kier molecular flexibility index (Phi) is 6.91. The first-order valence-electron chi connectivity index (χ1n) is 9.13. The van der Waals surface area contributed by atoms with Gasteiger partial charge in [0.1, 0.15) is 17.3 Å². The first kappa shape index (κ1) is 22.7. The highest BCUT2D eigenvalue weighted by molar-refractivity contribution is 5.75. The fraction of sp³-hybridized carbons (Fsp3) is 0.421. The van der Waals surface area contributed by atoms with Gasteiger partial charge in [-0.2, -0.15) is 9.97 Å². The van der Waals surface area contributed by atoms with Crippen LogP contribution in [0.15, 0.2) is 18.2 Å². The molecule has 0 saturated carbocycles. The second-order valence-electron chi connectivity index (χ2n) is 6.55. The number of halogens is 4. The van der Waals surface area contributed by atoms with Crippen molar-refractivity contribution in [3.05, 3.63) is 46.4 Å². The van der Waals surface area contributed by atoms with E-state index in [-0.39, 0.29) is 36.2 Å². The minimum atomic E-state index is -3.02. The predicted octanol–water partition coefficient (Wildman–Crippen LogP) is 3.88. The molecule has 0 radical (unpaired) electrons. The number of rotatable bonds is 8. The first-order chi connectivity index (χ1) is 14.7. The van der Waals surface area contributed by atoms with Crippen LogP contribution in [-0.4, -0.2) is 41.4 Å². The van der Waals surface area contributed by atoms with Crippen LogP contribution in [0.5, 0.6) is 6.01 Å². The zero-order valence-corrected chi connectivity index (χ0v) is 16.4. The van der Waals surface area contributed by atoms with Gasteiger partial charge in [0.25, 0.3) is 6.43 Å². The zero-order chi connectivity index (χ0) is 22.7. The largest absolute Gasteiger partial charge is 0.479 e. The minimum Gasteiger partial charge on any atom is -0.479 e. The normalized spacial score (nSPS) is 16.4. The van der Waals surface area contributed by atoms with Gasteiger partial charge >= 0.3 is 12.0 Å². The molecule has 2 unspecified atom stereocenters. The molecule has 31 heavy (non-hydrogen) atoms. The molecule has 0 bridgehead atoms. The van der Waals surface area contributed by atoms with E-state index in [9.17, 15) is 22.4 Å². The van der Waals surface area contributed by atoms with Crippen LogP contribution in [0.3, 0.4) is 0 Å². The van der Waals surface area contributed by atoms with Crippen molar-refractivity contribution in [2.24, 2.45) is 0 Å². The van der Waals surface area contributed by atoms with Crippen LogP contribution in [-0.2, 0) is 14.3 Å². The van der Waals surface area contributed by atoms with E-state index in [1.165, 1.54) is 26.2 Å². The van der Waals surface area contributed by atoms with Gasteiger partial charge in [-0.15, -0.1) is 0 Å². The molecule has 1 saturated heterocycles. The fourth-order valence-electron chi connectivity index (χ4n) is 3.09. The molecule has 2 heterocycles. The predicted molar refractivity (Wildman–Crippen MR) is 98.1 cm³/mol. The molecule has 1 aliphatic heterocycles. The Morgan fingerprint density at radius 2 is 1.87 bits per heavy atom. The summed E-state index contributed by atoms with van der Waals surface area (Å²) in [6.07, 6.45) is -6.77. The van der Waals surface area contributed by atoms with E-state index in [1.807, 2.05) is 0 Å². The average Bonchev–Trinajstić information content (AvgIpc) is 3.26. The Morgan fingerprint density at radius 1 is 1.23 bits per heavy atom. The molecular weight excluding hydrogens is 426 g/mol. The standard InChI is InChI=1S/C19H19F4N3O5/c1-8(9-4-3-5-10(12(9)20)15(22)23)24-16-11(18-30-6-7-31-18)14(13(21)17(27)28)25-19(26-16)29-2/h3-5,8,13,15,18H,6-7H2,1-2H3,(H,27,28)(H,24,25,26). The molecule has 168 valence electrons. The maximum absolute atomic E-state index is 14.6. The first-order valence-corrected chi connectivity index (χ1v) is 9.13. The number of benzene rings is 1. The molecule has 0 aliphatic carbocycles. The molecule has 1 fully saturated rings. The van der Waals surface area contributed by atoms with Gasteiger partial charge in [-0.3, -0.25) is 0 Å². The third-order valence-corrected chi connectivity index (χ3v) is 4.56. The van der Waals surface area contributed by atoms with Crippen molar-refractivity contribution in [2.45, 2.75) is 31.9 Å². The monoisotopic (exact) mass is 445 g/mol. The zero-order valence-electron chi connectivity index (χ0n) is 16.4. The topological polar surface area (TPSA) is 103 Å². The van der Waals surface area contributed by atoms with Gasteiger partial charge in [0.2, 0.25) is 6.17 Å². The van der Waals surface area contributed by atoms with Crippen molar-refractivity contribution in [3.63, 3.8) is 0 Å². The summed E-state index contributed by atoms with van der Waals surface area (Å²) in [7, 11) is 1.19. The summed E-state index contributed by atoms with van der Waals surface area (Å²) in [4.78, 5) is 19.1. The van der Waals surface area contributed by atoms with E-state index < -0.39 is 48.0 Å². The Balaban J connectivity index is 2.08. The SMILES string of the molecule is COc1nc(NC(C)c2cccc(C(F)F)c2F)c(C2OCCO2)c(C(F)C(=O)O)n1. The highest BCUT2D eigenvalue weighted by Crippen LogP contribution is 2.38. The summed E-state index contributed by atoms with van der Waals surface area (Å²) < 4.78 is 70.9. The quantitative estimate of drug-likeness (QED) is 0.591. The number of aromatic nitrogens is 2. The second-order valence-corrected chi connectivity index (χ2v) is 6.55. The molecule has 8 nitrogen and oxygen atoms in total. The lowest BCUT2D eigenvalue weighted by Gasteiger charge is -2.23. The number of nitrogens with zero attached hydrogens (tertiary/aromatic N) is 2. The number of ether oxygens (including phenoxy) is 3. The van der Waals surface area contributed by atoms with Crippen LogP contribution in [0.4, 0.5) is 23.4 Å². The van der Waals surface area contributed by atoms with Crippen LogP contribution in [0.25, 0.3) is 0 Å². The average molecular weight is 445 g/mol. The molecule has 0 amide bonds. The van der Waals surface area contributed by atoms with E-state index in [2.05, 4.69) is 15.3 Å². The summed E-state index contributed by atoms with van der Waals surface area (Å²) in [5.41, 5.74) is -1.59. The summed E-state index contributed by atoms with van der Waals surface area (Å²) in [5, 5.41) is 11.9. The van der Waals surface area contributed by atoms with Crippen molar-refractivity contribution in [1.82, 2.24) is 9.97 Å². The number of carbonyl (C=O) groups is 1. The number of methoxy groups -OCH3 is 1. The van der Waals surface area contributed by atoms with E-state index in [0.717, 1.165) is 6.07 Å². The number of hydrogen-bond acceptors (Lipinski definition) is 7. The molecule has 2 N–H and O–H groups in total. The molecule has 1 aromatic heterocycles. The number of carboxylic acid groups (broad SMARTS) is 1. The maximum Gasteiger partial charge on any atom is 0.344 e. The number of aliphatic carboxylic acids is 1. The van der Waals surface area contributed by atoms with E-state index >= 15 is 0 Å². The number of hydrogen-bond donors (Lipinski definition) is 2. The van der Waals surface area contributed by atoms with Crippen molar-refractivity contribution in [1.29, 1.82) is 0 Å². The van der Waals surface area contributed by atoms with Crippen LogP contribution in [0.2, 0.25) is 0 Å². The van der Waals surface area contributed by atoms with Gasteiger partial charge in [0, 0.05) is 5.56 Å². The molecule has 2 aromatic rings. The third-order valence-electron chi connectivity index (χ3n) is 4.56. The Hall–Kier alpha value is -2.99. The summed E-state index contributed by atoms with van der Waals surface area (Å²) >= 11 is 0. The summed E-state index contributed by atoms with van der Waals surface area (Å²) in [6, 6.07) is 2.24. The van der Waals surface area contributed by atoms with Gasteiger partial charge < -0.3 is 24.6 Å². The van der Waals surface area contributed by atoms with E-state index in [1.54, 1.807) is 0 Å². The molecule has 1 aromatic carbocycles.